The van der Waals surface area contributed by atoms with E-state index in [0.29, 0.717) is 6.42 Å². The molecule has 0 saturated heterocycles. The Hall–Kier alpha value is -2.32. The minimum absolute atomic E-state index is 0.0587. The summed E-state index contributed by atoms with van der Waals surface area (Å²) in [6, 6.07) is -0.983. The van der Waals surface area contributed by atoms with E-state index in [4.69, 9.17) is 16.2 Å². The molecule has 6 N–H and O–H groups in total. The Labute approximate surface area is 191 Å². The maximum absolute atomic E-state index is 12.6. The summed E-state index contributed by atoms with van der Waals surface area (Å²) >= 11 is 0. The van der Waals surface area contributed by atoms with Crippen LogP contribution >= 0.6 is 0 Å². The molecule has 0 aromatic heterocycles. The second-order valence-electron chi connectivity index (χ2n) is 8.80. The lowest BCUT2D eigenvalue weighted by molar-refractivity contribution is -0.160. The van der Waals surface area contributed by atoms with Gasteiger partial charge in [0.1, 0.15) is 6.10 Å². The van der Waals surface area contributed by atoms with Crippen LogP contribution in [0.1, 0.15) is 85.5 Å². The second-order valence-corrected chi connectivity index (χ2v) is 8.80. The van der Waals surface area contributed by atoms with E-state index in [1.807, 2.05) is 13.8 Å². The number of nitrogens with two attached hydrogens (primary N) is 2. The first-order chi connectivity index (χ1) is 15.2. The topological polar surface area (TPSA) is 157 Å². The summed E-state index contributed by atoms with van der Waals surface area (Å²) in [7, 11) is 0. The second kappa shape index (κ2) is 14.0. The molecule has 1 saturated carbocycles. The van der Waals surface area contributed by atoms with E-state index in [1.54, 1.807) is 0 Å². The number of nitrogens with one attached hydrogen (secondary N) is 1. The van der Waals surface area contributed by atoms with Gasteiger partial charge in [-0.05, 0) is 18.8 Å². The van der Waals surface area contributed by atoms with Gasteiger partial charge in [0.15, 0.2) is 5.96 Å². The van der Waals surface area contributed by atoms with Crippen LogP contribution in [-0.2, 0) is 19.1 Å². The number of aliphatic carboxylic acids is 1. The number of guanidine groups is 1. The normalized spacial score (nSPS) is 23.5. The predicted octanol–water partition coefficient (Wildman–Crippen LogP) is 2.56. The van der Waals surface area contributed by atoms with Gasteiger partial charge in [-0.1, -0.05) is 59.3 Å². The summed E-state index contributed by atoms with van der Waals surface area (Å²) < 4.78 is 5.80. The first kappa shape index (κ1) is 27.7. The summed E-state index contributed by atoms with van der Waals surface area (Å²) in [6.45, 7) is 7.57. The van der Waals surface area contributed by atoms with Gasteiger partial charge in [0, 0.05) is 25.3 Å². The first-order valence-electron chi connectivity index (χ1n) is 11.9. The third-order valence-corrected chi connectivity index (χ3v) is 6.44. The van der Waals surface area contributed by atoms with Crippen LogP contribution in [0.5, 0.6) is 0 Å². The third-order valence-electron chi connectivity index (χ3n) is 6.44. The number of hydrogen-bond acceptors (Lipinski definition) is 5. The number of amides is 1. The smallest absolute Gasteiger partial charge is 0.310 e. The van der Waals surface area contributed by atoms with Crippen molar-refractivity contribution in [3.63, 3.8) is 0 Å². The molecule has 1 aliphatic rings. The Morgan fingerprint density at radius 3 is 2.22 bits per heavy atom. The largest absolute Gasteiger partial charge is 0.481 e. The Morgan fingerprint density at radius 2 is 1.72 bits per heavy atom. The van der Waals surface area contributed by atoms with E-state index in [0.717, 1.165) is 38.5 Å². The standard InChI is InChI=1S/C23H42N4O5/c1-5-8-9-10-11-12-18(29)32-21-16(22(30)31)13-17(27-23(24)25)19(21)20(26-14(4)28)15(6-2)7-3/h15-17,19-21H,5-13H2,1-4H3,(H,26,28)(H,30,31)(H4,24,25,27)/t16-,17+,19+,20-,21+/m0/s1. The number of aliphatic imine (C=N–C) groups is 1. The highest BCUT2D eigenvalue weighted by Crippen LogP contribution is 2.41. The predicted molar refractivity (Wildman–Crippen MR) is 124 cm³/mol. The van der Waals surface area contributed by atoms with Gasteiger partial charge < -0.3 is 26.6 Å². The molecule has 0 aromatic rings. The molecule has 0 heterocycles. The quantitative estimate of drug-likeness (QED) is 0.136. The number of carbonyl (C=O) groups excluding carboxylic acids is 2. The summed E-state index contributed by atoms with van der Waals surface area (Å²) in [5, 5.41) is 12.8. The molecule has 184 valence electrons. The van der Waals surface area contributed by atoms with E-state index < -0.39 is 42.0 Å². The molecule has 1 rings (SSSR count). The van der Waals surface area contributed by atoms with Crippen LogP contribution in [0, 0.1) is 17.8 Å². The molecular weight excluding hydrogens is 412 g/mol. The molecule has 0 aliphatic heterocycles. The number of carbonyl (C=O) groups is 3. The van der Waals surface area contributed by atoms with Crippen LogP contribution in [-0.4, -0.2) is 47.1 Å². The molecule has 1 fully saturated rings. The molecular formula is C23H42N4O5. The van der Waals surface area contributed by atoms with Crippen LogP contribution in [0.25, 0.3) is 0 Å². The van der Waals surface area contributed by atoms with E-state index in [9.17, 15) is 19.5 Å². The highest BCUT2D eigenvalue weighted by Gasteiger charge is 2.53. The molecule has 0 radical (unpaired) electrons. The fourth-order valence-electron chi connectivity index (χ4n) is 4.86. The van der Waals surface area contributed by atoms with Crippen molar-refractivity contribution >= 4 is 23.8 Å². The van der Waals surface area contributed by atoms with Crippen molar-refractivity contribution in [2.45, 2.75) is 104 Å². The summed E-state index contributed by atoms with van der Waals surface area (Å²) in [6.07, 6.45) is 5.91. The number of carboxylic acids is 1. The van der Waals surface area contributed by atoms with Crippen LogP contribution in [0.15, 0.2) is 4.99 Å². The molecule has 0 aromatic carbocycles. The van der Waals surface area contributed by atoms with E-state index >= 15 is 0 Å². The van der Waals surface area contributed by atoms with Gasteiger partial charge in [0.05, 0.1) is 12.0 Å². The fraction of sp³-hybridized carbons (Fsp3) is 0.826. The summed E-state index contributed by atoms with van der Waals surface area (Å²) in [5.41, 5.74) is 11.3. The lowest BCUT2D eigenvalue weighted by Gasteiger charge is -2.36. The number of nitrogens with zero attached hydrogens (tertiary/aromatic N) is 1. The summed E-state index contributed by atoms with van der Waals surface area (Å²) in [5.74, 6) is -3.28. The Kier molecular flexibility index (Phi) is 12.1. The highest BCUT2D eigenvalue weighted by atomic mass is 16.5. The van der Waals surface area contributed by atoms with E-state index in [2.05, 4.69) is 17.2 Å². The molecule has 5 atom stereocenters. The SMILES string of the molecule is CCCCCCCC(=O)O[C@H]1[C@@H]([C@@H](NC(C)=O)C(CC)CC)[C@H](N=C(N)N)C[C@@H]1C(=O)O. The highest BCUT2D eigenvalue weighted by molar-refractivity contribution is 5.77. The van der Waals surface area contributed by atoms with Crippen molar-refractivity contribution in [1.82, 2.24) is 5.32 Å². The molecule has 32 heavy (non-hydrogen) atoms. The number of ether oxygens (including phenoxy) is 1. The monoisotopic (exact) mass is 454 g/mol. The lowest BCUT2D eigenvalue weighted by Crippen LogP contribution is -2.51. The van der Waals surface area contributed by atoms with Crippen molar-refractivity contribution in [3.05, 3.63) is 0 Å². The number of esters is 1. The van der Waals surface area contributed by atoms with Gasteiger partial charge in [-0.15, -0.1) is 0 Å². The van der Waals surface area contributed by atoms with Crippen molar-refractivity contribution in [1.29, 1.82) is 0 Å². The Balaban J connectivity index is 3.21. The molecule has 0 spiro atoms. The van der Waals surface area contributed by atoms with Gasteiger partial charge in [-0.3, -0.25) is 14.4 Å². The van der Waals surface area contributed by atoms with E-state index in [-0.39, 0.29) is 30.6 Å². The van der Waals surface area contributed by atoms with Crippen molar-refractivity contribution in [3.8, 4) is 0 Å². The minimum atomic E-state index is -1.06. The van der Waals surface area contributed by atoms with Crippen molar-refractivity contribution in [2.75, 3.05) is 0 Å². The van der Waals surface area contributed by atoms with Gasteiger partial charge in [0.2, 0.25) is 5.91 Å². The fourth-order valence-corrected chi connectivity index (χ4v) is 4.86. The number of rotatable bonds is 14. The minimum Gasteiger partial charge on any atom is -0.481 e. The molecule has 1 amide bonds. The van der Waals surface area contributed by atoms with Gasteiger partial charge >= 0.3 is 11.9 Å². The molecule has 0 unspecified atom stereocenters. The van der Waals surface area contributed by atoms with Gasteiger partial charge in [-0.2, -0.15) is 0 Å². The maximum Gasteiger partial charge on any atom is 0.310 e. The number of unbranched alkanes of at least 4 members (excludes halogenated alkanes) is 4. The van der Waals surface area contributed by atoms with Crippen molar-refractivity contribution in [2.24, 2.45) is 34.2 Å². The average Bonchev–Trinajstić information content (AvgIpc) is 3.04. The van der Waals surface area contributed by atoms with Crippen LogP contribution in [0.3, 0.4) is 0 Å². The Morgan fingerprint density at radius 1 is 1.09 bits per heavy atom. The number of hydrogen-bond donors (Lipinski definition) is 4. The maximum atomic E-state index is 12.6. The molecule has 9 heteroatoms. The number of carboxylic acid groups (broad SMARTS) is 1. The zero-order chi connectivity index (χ0) is 24.3. The van der Waals surface area contributed by atoms with Gasteiger partial charge in [0.25, 0.3) is 0 Å². The van der Waals surface area contributed by atoms with Crippen molar-refractivity contribution < 1.29 is 24.2 Å². The summed E-state index contributed by atoms with van der Waals surface area (Å²) in [4.78, 5) is 41.0. The zero-order valence-corrected chi connectivity index (χ0v) is 20.0. The zero-order valence-electron chi connectivity index (χ0n) is 20.0. The van der Waals surface area contributed by atoms with Crippen LogP contribution < -0.4 is 16.8 Å². The van der Waals surface area contributed by atoms with Crippen LogP contribution in [0.2, 0.25) is 0 Å². The van der Waals surface area contributed by atoms with E-state index in [1.165, 1.54) is 6.92 Å². The third kappa shape index (κ3) is 8.31. The first-order valence-corrected chi connectivity index (χ1v) is 11.9. The molecule has 1 aliphatic carbocycles. The molecule has 9 nitrogen and oxygen atoms in total. The Bertz CT molecular complexity index is 646. The van der Waals surface area contributed by atoms with Gasteiger partial charge in [-0.25, -0.2) is 4.99 Å². The average molecular weight is 455 g/mol. The van der Waals surface area contributed by atoms with Crippen LogP contribution in [0.4, 0.5) is 0 Å². The molecule has 0 bridgehead atoms. The lowest BCUT2D eigenvalue weighted by atomic mass is 9.80.